The van der Waals surface area contributed by atoms with Gasteiger partial charge in [0, 0.05) is 42.7 Å². The maximum absolute atomic E-state index is 13.0. The van der Waals surface area contributed by atoms with Gasteiger partial charge in [-0.05, 0) is 62.1 Å². The Morgan fingerprint density at radius 1 is 0.744 bits per heavy atom. The van der Waals surface area contributed by atoms with Gasteiger partial charge in [-0.2, -0.15) is 8.61 Å². The Balaban J connectivity index is 1.19. The zero-order valence-corrected chi connectivity index (χ0v) is 24.0. The molecule has 39 heavy (non-hydrogen) atoms. The molecule has 3 heterocycles. The second-order valence-corrected chi connectivity index (χ2v) is 14.5. The number of carbonyl (C=O) groups is 1. The number of hydrogen-bond donors (Lipinski definition) is 1. The van der Waals surface area contributed by atoms with Crippen LogP contribution in [0.1, 0.15) is 48.9 Å². The standard InChI is InChI=1S/C27H32N4O5S3/c32-26(22-9-13-24(14-10-22)39(35,36)31-17-5-6-18-31)19-28-27-29-25(20-37-27)21-7-11-23(12-8-21)38(33,34)30-15-3-1-2-4-16-30/h7-14,20H,1-6,15-19H2,(H,28,29). The van der Waals surface area contributed by atoms with Gasteiger partial charge in [-0.15, -0.1) is 11.3 Å². The Hall–Kier alpha value is -2.64. The molecular weight excluding hydrogens is 557 g/mol. The molecule has 0 aliphatic carbocycles. The Morgan fingerprint density at radius 2 is 1.23 bits per heavy atom. The first-order valence-corrected chi connectivity index (χ1v) is 16.9. The zero-order chi connectivity index (χ0) is 27.5. The van der Waals surface area contributed by atoms with Gasteiger partial charge in [-0.25, -0.2) is 21.8 Å². The van der Waals surface area contributed by atoms with E-state index in [-0.39, 0.29) is 22.1 Å². The summed E-state index contributed by atoms with van der Waals surface area (Å²) in [5.74, 6) is -0.181. The van der Waals surface area contributed by atoms with E-state index in [0.29, 0.717) is 42.6 Å². The summed E-state index contributed by atoms with van der Waals surface area (Å²) < 4.78 is 54.5. The average molecular weight is 589 g/mol. The third-order valence-electron chi connectivity index (χ3n) is 7.14. The topological polar surface area (TPSA) is 117 Å². The van der Waals surface area contributed by atoms with Crippen molar-refractivity contribution in [1.82, 2.24) is 13.6 Å². The molecule has 0 unspecified atom stereocenters. The highest BCUT2D eigenvalue weighted by atomic mass is 32.2. The molecule has 0 radical (unpaired) electrons. The fourth-order valence-electron chi connectivity index (χ4n) is 4.86. The molecule has 3 aromatic rings. The van der Waals surface area contributed by atoms with Gasteiger partial charge in [0.2, 0.25) is 20.0 Å². The number of sulfonamides is 2. The third-order valence-corrected chi connectivity index (χ3v) is 11.8. The predicted molar refractivity (Wildman–Crippen MR) is 152 cm³/mol. The van der Waals surface area contributed by atoms with Gasteiger partial charge in [-0.1, -0.05) is 25.0 Å². The van der Waals surface area contributed by atoms with Crippen molar-refractivity contribution in [2.75, 3.05) is 38.0 Å². The molecule has 2 aliphatic rings. The van der Waals surface area contributed by atoms with E-state index in [0.717, 1.165) is 44.1 Å². The Bertz CT molecular complexity index is 1500. The summed E-state index contributed by atoms with van der Waals surface area (Å²) in [6.45, 7) is 2.20. The second-order valence-electron chi connectivity index (χ2n) is 9.79. The van der Waals surface area contributed by atoms with E-state index in [1.165, 1.54) is 27.8 Å². The van der Waals surface area contributed by atoms with Crippen molar-refractivity contribution >= 4 is 42.3 Å². The number of nitrogens with one attached hydrogen (secondary N) is 1. The van der Waals surface area contributed by atoms with E-state index in [4.69, 9.17) is 0 Å². The van der Waals surface area contributed by atoms with Crippen LogP contribution in [-0.2, 0) is 20.0 Å². The van der Waals surface area contributed by atoms with Crippen molar-refractivity contribution in [2.45, 2.75) is 48.3 Å². The van der Waals surface area contributed by atoms with Crippen molar-refractivity contribution in [3.8, 4) is 11.3 Å². The summed E-state index contributed by atoms with van der Waals surface area (Å²) in [6, 6.07) is 12.8. The molecule has 1 aromatic heterocycles. The summed E-state index contributed by atoms with van der Waals surface area (Å²) in [5, 5.41) is 5.45. The fourth-order valence-corrected chi connectivity index (χ4v) is 8.62. The molecular formula is C27H32N4O5S3. The molecule has 2 aromatic carbocycles. The first kappa shape index (κ1) is 27.9. The average Bonchev–Trinajstić information content (AvgIpc) is 3.59. The van der Waals surface area contributed by atoms with Crippen LogP contribution in [0.2, 0.25) is 0 Å². The summed E-state index contributed by atoms with van der Waals surface area (Å²) in [6.07, 6.45) is 5.64. The van der Waals surface area contributed by atoms with Gasteiger partial charge in [0.1, 0.15) is 0 Å². The molecule has 2 saturated heterocycles. The van der Waals surface area contributed by atoms with Crippen LogP contribution in [0.15, 0.2) is 63.7 Å². The lowest BCUT2D eigenvalue weighted by Gasteiger charge is -2.19. The monoisotopic (exact) mass is 588 g/mol. The molecule has 2 fully saturated rings. The number of aromatic nitrogens is 1. The maximum Gasteiger partial charge on any atom is 0.243 e. The molecule has 1 N–H and O–H groups in total. The van der Waals surface area contributed by atoms with Crippen molar-refractivity contribution < 1.29 is 21.6 Å². The lowest BCUT2D eigenvalue weighted by molar-refractivity contribution is 0.101. The van der Waals surface area contributed by atoms with E-state index in [9.17, 15) is 21.6 Å². The lowest BCUT2D eigenvalue weighted by atomic mass is 10.1. The van der Waals surface area contributed by atoms with Crippen molar-refractivity contribution in [2.24, 2.45) is 0 Å². The smallest absolute Gasteiger partial charge is 0.243 e. The number of thiazole rings is 1. The summed E-state index contributed by atoms with van der Waals surface area (Å²) >= 11 is 1.35. The first-order valence-electron chi connectivity index (χ1n) is 13.2. The number of ketones is 1. The minimum Gasteiger partial charge on any atom is -0.354 e. The number of hydrogen-bond acceptors (Lipinski definition) is 8. The van der Waals surface area contributed by atoms with Crippen LogP contribution in [0, 0.1) is 0 Å². The summed E-state index contributed by atoms with van der Waals surface area (Å²) in [5.41, 5.74) is 1.89. The van der Waals surface area contributed by atoms with Crippen molar-refractivity contribution in [3.63, 3.8) is 0 Å². The highest BCUT2D eigenvalue weighted by molar-refractivity contribution is 7.89. The molecule has 5 rings (SSSR count). The Kier molecular flexibility index (Phi) is 8.48. The summed E-state index contributed by atoms with van der Waals surface area (Å²) in [4.78, 5) is 17.7. The van der Waals surface area contributed by atoms with Gasteiger partial charge >= 0.3 is 0 Å². The van der Waals surface area contributed by atoms with E-state index in [1.54, 1.807) is 40.7 Å². The molecule has 0 amide bonds. The molecule has 9 nitrogen and oxygen atoms in total. The number of Topliss-reactive ketones (excluding diaryl/α,β-unsaturated/α-hetero) is 1. The zero-order valence-electron chi connectivity index (χ0n) is 21.6. The van der Waals surface area contributed by atoms with E-state index in [2.05, 4.69) is 10.3 Å². The van der Waals surface area contributed by atoms with Crippen LogP contribution in [0.5, 0.6) is 0 Å². The highest BCUT2D eigenvalue weighted by Gasteiger charge is 2.27. The Morgan fingerprint density at radius 3 is 1.77 bits per heavy atom. The predicted octanol–water partition coefficient (Wildman–Crippen LogP) is 4.45. The van der Waals surface area contributed by atoms with E-state index in [1.807, 2.05) is 5.38 Å². The van der Waals surface area contributed by atoms with Crippen LogP contribution in [-0.4, -0.2) is 68.9 Å². The second kappa shape index (κ2) is 11.8. The van der Waals surface area contributed by atoms with Crippen LogP contribution in [0.25, 0.3) is 11.3 Å². The summed E-state index contributed by atoms with van der Waals surface area (Å²) in [7, 11) is -7.03. The number of anilines is 1. The van der Waals surface area contributed by atoms with Gasteiger partial charge < -0.3 is 5.32 Å². The largest absolute Gasteiger partial charge is 0.354 e. The third kappa shape index (κ3) is 6.25. The van der Waals surface area contributed by atoms with Crippen LogP contribution in [0.3, 0.4) is 0 Å². The van der Waals surface area contributed by atoms with E-state index >= 15 is 0 Å². The van der Waals surface area contributed by atoms with Gasteiger partial charge in [0.15, 0.2) is 10.9 Å². The molecule has 0 atom stereocenters. The SMILES string of the molecule is O=C(CNc1nc(-c2ccc(S(=O)(=O)N3CCCCCC3)cc2)cs1)c1ccc(S(=O)(=O)N2CCCC2)cc1. The maximum atomic E-state index is 13.0. The normalized spacial score (nSPS) is 17.6. The van der Waals surface area contributed by atoms with Crippen LogP contribution in [0.4, 0.5) is 5.13 Å². The van der Waals surface area contributed by atoms with Gasteiger partial charge in [0.25, 0.3) is 0 Å². The number of nitrogens with zero attached hydrogens (tertiary/aromatic N) is 3. The minimum atomic E-state index is -3.52. The number of benzene rings is 2. The highest BCUT2D eigenvalue weighted by Crippen LogP contribution is 2.28. The first-order chi connectivity index (χ1) is 18.7. The van der Waals surface area contributed by atoms with Gasteiger partial charge in [0.05, 0.1) is 22.0 Å². The van der Waals surface area contributed by atoms with Crippen LogP contribution < -0.4 is 5.32 Å². The molecule has 0 bridgehead atoms. The van der Waals surface area contributed by atoms with Crippen molar-refractivity contribution in [3.05, 3.63) is 59.5 Å². The van der Waals surface area contributed by atoms with Gasteiger partial charge in [-0.3, -0.25) is 4.79 Å². The lowest BCUT2D eigenvalue weighted by Crippen LogP contribution is -2.31. The molecule has 0 spiro atoms. The quantitative estimate of drug-likeness (QED) is 0.367. The molecule has 0 saturated carbocycles. The minimum absolute atomic E-state index is 0.0121. The molecule has 2 aliphatic heterocycles. The van der Waals surface area contributed by atoms with E-state index < -0.39 is 20.0 Å². The molecule has 12 heteroatoms. The fraction of sp³-hybridized carbons (Fsp3) is 0.407. The Labute approximate surface area is 234 Å². The molecule has 208 valence electrons. The van der Waals surface area contributed by atoms with Crippen LogP contribution >= 0.6 is 11.3 Å². The number of rotatable bonds is 9. The van der Waals surface area contributed by atoms with Crippen molar-refractivity contribution in [1.29, 1.82) is 0 Å². The number of carbonyl (C=O) groups excluding carboxylic acids is 1.